The van der Waals surface area contributed by atoms with Gasteiger partial charge in [-0.05, 0) is 26.0 Å². The Labute approximate surface area is 114 Å². The number of rotatable bonds is 4. The topological polar surface area (TPSA) is 44.1 Å². The standard InChI is InChI=1S/C12H13ClN2O2S/c1-7(2)15-11(8(17-3)6-14-15)12(16)9-4-5-10(13)18-9/h4-7H,1-3H3. The van der Waals surface area contributed by atoms with Crippen molar-refractivity contribution < 1.29 is 9.53 Å². The van der Waals surface area contributed by atoms with Gasteiger partial charge in [0.25, 0.3) is 0 Å². The van der Waals surface area contributed by atoms with Crippen molar-refractivity contribution in [3.8, 4) is 5.75 Å². The first-order valence-electron chi connectivity index (χ1n) is 5.46. The second kappa shape index (κ2) is 5.12. The molecule has 2 heterocycles. The average Bonchev–Trinajstić information content (AvgIpc) is 2.93. The van der Waals surface area contributed by atoms with Crippen LogP contribution in [-0.4, -0.2) is 22.7 Å². The van der Waals surface area contributed by atoms with Gasteiger partial charge in [0.2, 0.25) is 5.78 Å². The van der Waals surface area contributed by atoms with E-state index >= 15 is 0 Å². The summed E-state index contributed by atoms with van der Waals surface area (Å²) in [6.07, 6.45) is 1.56. The maximum Gasteiger partial charge on any atom is 0.224 e. The summed E-state index contributed by atoms with van der Waals surface area (Å²) in [5, 5.41) is 4.18. The predicted octanol–water partition coefficient (Wildman–Crippen LogP) is 3.42. The number of ketones is 1. The SMILES string of the molecule is COc1cnn(C(C)C)c1C(=O)c1ccc(Cl)s1. The van der Waals surface area contributed by atoms with E-state index in [1.54, 1.807) is 23.0 Å². The molecule has 0 aromatic carbocycles. The van der Waals surface area contributed by atoms with E-state index < -0.39 is 0 Å². The Morgan fingerprint density at radius 1 is 1.50 bits per heavy atom. The Kier molecular flexibility index (Phi) is 3.73. The Morgan fingerprint density at radius 3 is 2.72 bits per heavy atom. The van der Waals surface area contributed by atoms with Crippen LogP contribution in [0.3, 0.4) is 0 Å². The van der Waals surface area contributed by atoms with Gasteiger partial charge < -0.3 is 4.74 Å². The molecule has 0 aliphatic carbocycles. The molecule has 0 aliphatic heterocycles. The molecule has 6 heteroatoms. The second-order valence-corrected chi connectivity index (χ2v) is 5.75. The largest absolute Gasteiger partial charge is 0.493 e. The number of hydrogen-bond acceptors (Lipinski definition) is 4. The quantitative estimate of drug-likeness (QED) is 0.808. The van der Waals surface area contributed by atoms with E-state index in [0.29, 0.717) is 20.7 Å². The van der Waals surface area contributed by atoms with Crippen molar-refractivity contribution in [3.05, 3.63) is 33.2 Å². The lowest BCUT2D eigenvalue weighted by Crippen LogP contribution is -2.13. The molecule has 2 aromatic heterocycles. The van der Waals surface area contributed by atoms with Gasteiger partial charge in [0.1, 0.15) is 0 Å². The molecule has 18 heavy (non-hydrogen) atoms. The minimum atomic E-state index is -0.116. The smallest absolute Gasteiger partial charge is 0.224 e. The molecule has 4 nitrogen and oxygen atoms in total. The van der Waals surface area contributed by atoms with Gasteiger partial charge in [-0.25, -0.2) is 0 Å². The number of ether oxygens (including phenoxy) is 1. The summed E-state index contributed by atoms with van der Waals surface area (Å²) in [7, 11) is 1.53. The molecule has 0 spiro atoms. The van der Waals surface area contributed by atoms with E-state index in [0.717, 1.165) is 0 Å². The van der Waals surface area contributed by atoms with Crippen molar-refractivity contribution in [1.82, 2.24) is 9.78 Å². The van der Waals surface area contributed by atoms with Gasteiger partial charge in [-0.15, -0.1) is 11.3 Å². The molecule has 0 atom stereocenters. The number of thiophene rings is 1. The third-order valence-corrected chi connectivity index (χ3v) is 3.71. The van der Waals surface area contributed by atoms with Crippen LogP contribution in [0.4, 0.5) is 0 Å². The van der Waals surface area contributed by atoms with E-state index in [1.807, 2.05) is 13.8 Å². The fraction of sp³-hybridized carbons (Fsp3) is 0.333. The van der Waals surface area contributed by atoms with Crippen molar-refractivity contribution in [2.24, 2.45) is 0 Å². The molecular formula is C12H13ClN2O2S. The molecule has 2 rings (SSSR count). The number of aromatic nitrogens is 2. The van der Waals surface area contributed by atoms with Crippen LogP contribution < -0.4 is 4.74 Å². The van der Waals surface area contributed by atoms with Crippen LogP contribution in [0, 0.1) is 0 Å². The lowest BCUT2D eigenvalue weighted by atomic mass is 10.2. The molecule has 0 fully saturated rings. The van der Waals surface area contributed by atoms with Crippen molar-refractivity contribution in [2.75, 3.05) is 7.11 Å². The molecule has 0 saturated heterocycles. The molecule has 0 saturated carbocycles. The van der Waals surface area contributed by atoms with Crippen LogP contribution in [0.25, 0.3) is 0 Å². The summed E-state index contributed by atoms with van der Waals surface area (Å²) < 4.78 is 7.45. The van der Waals surface area contributed by atoms with E-state index in [2.05, 4.69) is 5.10 Å². The van der Waals surface area contributed by atoms with E-state index in [4.69, 9.17) is 16.3 Å². The predicted molar refractivity (Wildman–Crippen MR) is 71.9 cm³/mol. The normalized spacial score (nSPS) is 10.9. The maximum absolute atomic E-state index is 12.4. The Morgan fingerprint density at radius 2 is 2.22 bits per heavy atom. The summed E-state index contributed by atoms with van der Waals surface area (Å²) in [6, 6.07) is 3.51. The lowest BCUT2D eigenvalue weighted by Gasteiger charge is -2.10. The highest BCUT2D eigenvalue weighted by Crippen LogP contribution is 2.28. The molecule has 0 radical (unpaired) electrons. The molecule has 0 amide bonds. The van der Waals surface area contributed by atoms with Crippen LogP contribution in [-0.2, 0) is 0 Å². The van der Waals surface area contributed by atoms with Crippen molar-refractivity contribution >= 4 is 28.7 Å². The Hall–Kier alpha value is -1.33. The Bertz CT molecular complexity index is 574. The van der Waals surface area contributed by atoms with E-state index in [-0.39, 0.29) is 11.8 Å². The highest BCUT2D eigenvalue weighted by Gasteiger charge is 2.23. The highest BCUT2D eigenvalue weighted by atomic mass is 35.5. The zero-order valence-electron chi connectivity index (χ0n) is 10.3. The molecule has 0 unspecified atom stereocenters. The Balaban J connectivity index is 2.49. The van der Waals surface area contributed by atoms with Gasteiger partial charge in [0, 0.05) is 6.04 Å². The van der Waals surface area contributed by atoms with Gasteiger partial charge in [0.15, 0.2) is 11.4 Å². The van der Waals surface area contributed by atoms with Gasteiger partial charge in [0.05, 0.1) is 22.5 Å². The van der Waals surface area contributed by atoms with Crippen LogP contribution in [0.1, 0.15) is 35.3 Å². The zero-order chi connectivity index (χ0) is 13.3. The van der Waals surface area contributed by atoms with Crippen LogP contribution >= 0.6 is 22.9 Å². The molecular weight excluding hydrogens is 272 g/mol. The lowest BCUT2D eigenvalue weighted by molar-refractivity contribution is 0.102. The van der Waals surface area contributed by atoms with Gasteiger partial charge in [-0.2, -0.15) is 5.10 Å². The minimum absolute atomic E-state index is 0.0864. The van der Waals surface area contributed by atoms with Crippen LogP contribution in [0.2, 0.25) is 4.34 Å². The van der Waals surface area contributed by atoms with Crippen molar-refractivity contribution in [1.29, 1.82) is 0 Å². The highest BCUT2D eigenvalue weighted by molar-refractivity contribution is 7.18. The number of methoxy groups -OCH3 is 1. The molecule has 2 aromatic rings. The summed E-state index contributed by atoms with van der Waals surface area (Å²) in [5.41, 5.74) is 0.464. The summed E-state index contributed by atoms with van der Waals surface area (Å²) >= 11 is 7.11. The monoisotopic (exact) mass is 284 g/mol. The third-order valence-electron chi connectivity index (χ3n) is 2.48. The van der Waals surface area contributed by atoms with E-state index in [9.17, 15) is 4.79 Å². The number of hydrogen-bond donors (Lipinski definition) is 0. The van der Waals surface area contributed by atoms with Crippen molar-refractivity contribution in [2.45, 2.75) is 19.9 Å². The summed E-state index contributed by atoms with van der Waals surface area (Å²) in [6.45, 7) is 3.93. The molecule has 96 valence electrons. The van der Waals surface area contributed by atoms with Gasteiger partial charge in [-0.1, -0.05) is 11.6 Å². The van der Waals surface area contributed by atoms with Gasteiger partial charge >= 0.3 is 0 Å². The average molecular weight is 285 g/mol. The summed E-state index contributed by atoms with van der Waals surface area (Å²) in [4.78, 5) is 13.0. The minimum Gasteiger partial charge on any atom is -0.493 e. The number of carbonyl (C=O) groups is 1. The van der Waals surface area contributed by atoms with Crippen LogP contribution in [0.5, 0.6) is 5.75 Å². The molecule has 0 aliphatic rings. The second-order valence-electron chi connectivity index (χ2n) is 4.03. The zero-order valence-corrected chi connectivity index (χ0v) is 11.9. The fourth-order valence-electron chi connectivity index (χ4n) is 1.66. The first-order chi connectivity index (χ1) is 8.54. The molecule has 0 N–H and O–H groups in total. The van der Waals surface area contributed by atoms with Gasteiger partial charge in [-0.3, -0.25) is 9.48 Å². The molecule has 0 bridgehead atoms. The number of carbonyl (C=O) groups excluding carboxylic acids is 1. The fourth-order valence-corrected chi connectivity index (χ4v) is 2.64. The van der Waals surface area contributed by atoms with Crippen LogP contribution in [0.15, 0.2) is 18.3 Å². The number of nitrogens with zero attached hydrogens (tertiary/aromatic N) is 2. The van der Waals surface area contributed by atoms with Crippen molar-refractivity contribution in [3.63, 3.8) is 0 Å². The van der Waals surface area contributed by atoms with E-state index in [1.165, 1.54) is 18.4 Å². The third kappa shape index (κ3) is 2.28. The number of halogens is 1. The first-order valence-corrected chi connectivity index (χ1v) is 6.65. The summed E-state index contributed by atoms with van der Waals surface area (Å²) in [5.74, 6) is 0.369. The maximum atomic E-state index is 12.4. The first kappa shape index (κ1) is 13.1.